The molecular weight excluding hydrogens is 260 g/mol. The van der Waals surface area contributed by atoms with Crippen LogP contribution in [0.4, 0.5) is 0 Å². The molecule has 106 valence electrons. The zero-order valence-electron chi connectivity index (χ0n) is 11.7. The second-order valence-electron chi connectivity index (χ2n) is 5.14. The molecule has 1 fully saturated rings. The predicted octanol–water partition coefficient (Wildman–Crippen LogP) is 3.48. The van der Waals surface area contributed by atoms with E-state index in [-0.39, 0.29) is 5.60 Å². The number of aromatic nitrogens is 2. The fourth-order valence-electron chi connectivity index (χ4n) is 2.79. The summed E-state index contributed by atoms with van der Waals surface area (Å²) in [6.07, 6.45) is 6.87. The second-order valence-corrected chi connectivity index (χ2v) is 5.56. The van der Waals surface area contributed by atoms with Crippen molar-refractivity contribution in [2.24, 2.45) is 0 Å². The summed E-state index contributed by atoms with van der Waals surface area (Å²) in [5.41, 5.74) is 0.645. The van der Waals surface area contributed by atoms with Crippen molar-refractivity contribution < 1.29 is 9.47 Å². The molecular formula is C14H22N2O2S. The average Bonchev–Trinajstić information content (AvgIpc) is 2.64. The molecule has 0 spiro atoms. The van der Waals surface area contributed by atoms with Gasteiger partial charge in [0, 0.05) is 19.9 Å². The minimum absolute atomic E-state index is 0.312. The fraction of sp³-hybridized carbons (Fsp3) is 0.714. The van der Waals surface area contributed by atoms with Gasteiger partial charge in [0.15, 0.2) is 0 Å². The summed E-state index contributed by atoms with van der Waals surface area (Å²) in [4.78, 5) is 7.85. The fourth-order valence-corrected chi connectivity index (χ4v) is 3.03. The Bertz CT molecular complexity index is 465. The lowest BCUT2D eigenvalue weighted by molar-refractivity contribution is -0.0356. The Morgan fingerprint density at radius 2 is 1.95 bits per heavy atom. The predicted molar refractivity (Wildman–Crippen MR) is 76.5 cm³/mol. The van der Waals surface area contributed by atoms with Crippen LogP contribution in [0.5, 0.6) is 0 Å². The van der Waals surface area contributed by atoms with Crippen molar-refractivity contribution in [3.8, 4) is 0 Å². The third kappa shape index (κ3) is 3.41. The molecule has 0 aromatic carbocycles. The zero-order valence-corrected chi connectivity index (χ0v) is 12.5. The van der Waals surface area contributed by atoms with E-state index >= 15 is 0 Å². The van der Waals surface area contributed by atoms with Crippen LogP contribution in [0.25, 0.3) is 0 Å². The summed E-state index contributed by atoms with van der Waals surface area (Å²) >= 11 is 5.26. The quantitative estimate of drug-likeness (QED) is 0.678. The lowest BCUT2D eigenvalue weighted by Crippen LogP contribution is -2.31. The topological polar surface area (TPSA) is 47.1 Å². The first-order valence-electron chi connectivity index (χ1n) is 6.85. The maximum Gasteiger partial charge on any atom is 0.140 e. The molecule has 1 aromatic heterocycles. The summed E-state index contributed by atoms with van der Waals surface area (Å²) in [5, 5.41) is 0. The van der Waals surface area contributed by atoms with Gasteiger partial charge in [-0.15, -0.1) is 0 Å². The van der Waals surface area contributed by atoms with E-state index in [2.05, 4.69) is 9.97 Å². The van der Waals surface area contributed by atoms with Gasteiger partial charge >= 0.3 is 0 Å². The van der Waals surface area contributed by atoms with Crippen LogP contribution >= 0.6 is 12.2 Å². The number of hydrogen-bond donors (Lipinski definition) is 1. The largest absolute Gasteiger partial charge is 0.378 e. The maximum absolute atomic E-state index is 5.85. The molecule has 1 saturated carbocycles. The molecule has 0 atom stereocenters. The lowest BCUT2D eigenvalue weighted by atomic mass is 9.93. The Balaban J connectivity index is 2.38. The molecule has 1 N–H and O–H groups in total. The highest BCUT2D eigenvalue weighted by Gasteiger charge is 2.35. The van der Waals surface area contributed by atoms with Crippen molar-refractivity contribution in [1.82, 2.24) is 9.97 Å². The van der Waals surface area contributed by atoms with E-state index in [0.29, 0.717) is 11.2 Å². The Morgan fingerprint density at radius 1 is 1.26 bits per heavy atom. The van der Waals surface area contributed by atoms with Gasteiger partial charge in [-0.1, -0.05) is 37.9 Å². The van der Waals surface area contributed by atoms with E-state index in [1.165, 1.54) is 25.7 Å². The zero-order chi connectivity index (χ0) is 13.7. The molecule has 2 rings (SSSR count). The minimum atomic E-state index is -0.312. The first-order chi connectivity index (χ1) is 9.20. The van der Waals surface area contributed by atoms with E-state index < -0.39 is 0 Å². The molecule has 0 unspecified atom stereocenters. The van der Waals surface area contributed by atoms with Gasteiger partial charge in [0.05, 0.1) is 6.61 Å². The summed E-state index contributed by atoms with van der Waals surface area (Å²) in [6, 6.07) is 1.85. The molecule has 19 heavy (non-hydrogen) atoms. The Hall–Kier alpha value is -0.780. The van der Waals surface area contributed by atoms with Crippen LogP contribution in [0.1, 0.15) is 50.0 Å². The van der Waals surface area contributed by atoms with Gasteiger partial charge in [0.25, 0.3) is 0 Å². The molecule has 0 bridgehead atoms. The second kappa shape index (κ2) is 6.59. The minimum Gasteiger partial charge on any atom is -0.378 e. The molecule has 0 amide bonds. The lowest BCUT2D eigenvalue weighted by Gasteiger charge is -2.30. The van der Waals surface area contributed by atoms with Gasteiger partial charge in [-0.25, -0.2) is 4.98 Å². The Kier molecular flexibility index (Phi) is 5.07. The number of hydrogen-bond acceptors (Lipinski definition) is 4. The number of H-pyrrole nitrogens is 1. The average molecular weight is 282 g/mol. The van der Waals surface area contributed by atoms with E-state index in [4.69, 9.17) is 21.7 Å². The maximum atomic E-state index is 5.85. The third-order valence-electron chi connectivity index (χ3n) is 3.83. The molecule has 1 aliphatic carbocycles. The van der Waals surface area contributed by atoms with Gasteiger partial charge in [0.1, 0.15) is 16.1 Å². The summed E-state index contributed by atoms with van der Waals surface area (Å²) in [7, 11) is 3.45. The number of nitrogens with one attached hydrogen (secondary N) is 1. The molecule has 1 aromatic rings. The van der Waals surface area contributed by atoms with Gasteiger partial charge in [-0.2, -0.15) is 0 Å². The molecule has 0 saturated heterocycles. The number of rotatable bonds is 4. The highest BCUT2D eigenvalue weighted by molar-refractivity contribution is 7.71. The van der Waals surface area contributed by atoms with Crippen molar-refractivity contribution in [3.05, 3.63) is 22.2 Å². The van der Waals surface area contributed by atoms with E-state index in [1.807, 2.05) is 6.07 Å². The van der Waals surface area contributed by atoms with Gasteiger partial charge in [-0.3, -0.25) is 0 Å². The molecule has 1 aliphatic rings. The van der Waals surface area contributed by atoms with Crippen LogP contribution < -0.4 is 0 Å². The van der Waals surface area contributed by atoms with Crippen molar-refractivity contribution in [2.45, 2.75) is 50.7 Å². The number of ether oxygens (including phenoxy) is 2. The SMILES string of the molecule is COCc1cc(=S)nc(C2(OC)CCCCCC2)[nH]1. The Morgan fingerprint density at radius 3 is 2.53 bits per heavy atom. The summed E-state index contributed by atoms with van der Waals surface area (Å²) in [6.45, 7) is 0.513. The highest BCUT2D eigenvalue weighted by atomic mass is 32.1. The monoisotopic (exact) mass is 282 g/mol. The van der Waals surface area contributed by atoms with Crippen LogP contribution in [-0.2, 0) is 21.7 Å². The van der Waals surface area contributed by atoms with Gasteiger partial charge in [-0.05, 0) is 18.9 Å². The van der Waals surface area contributed by atoms with Crippen molar-refractivity contribution in [2.75, 3.05) is 14.2 Å². The first-order valence-corrected chi connectivity index (χ1v) is 7.26. The molecule has 5 heteroatoms. The van der Waals surface area contributed by atoms with Crippen molar-refractivity contribution >= 4 is 12.2 Å². The number of nitrogens with zero attached hydrogens (tertiary/aromatic N) is 1. The standard InChI is InChI=1S/C14H22N2O2S/c1-17-10-11-9-12(19)16-13(15-11)14(18-2)7-5-3-4-6-8-14/h9H,3-8,10H2,1-2H3,(H,15,16,19). The molecule has 1 heterocycles. The summed E-state index contributed by atoms with van der Waals surface area (Å²) in [5.74, 6) is 0.858. The van der Waals surface area contributed by atoms with Crippen LogP contribution in [0.3, 0.4) is 0 Å². The number of methoxy groups -OCH3 is 2. The molecule has 0 aliphatic heterocycles. The normalized spacial score (nSPS) is 19.1. The first kappa shape index (κ1) is 14.6. The van der Waals surface area contributed by atoms with Crippen LogP contribution in [0.15, 0.2) is 6.07 Å². The van der Waals surface area contributed by atoms with Crippen molar-refractivity contribution in [3.63, 3.8) is 0 Å². The van der Waals surface area contributed by atoms with E-state index in [1.54, 1.807) is 14.2 Å². The van der Waals surface area contributed by atoms with Gasteiger partial charge < -0.3 is 14.5 Å². The van der Waals surface area contributed by atoms with Crippen molar-refractivity contribution in [1.29, 1.82) is 0 Å². The Labute approximate surface area is 119 Å². The smallest absolute Gasteiger partial charge is 0.140 e. The molecule has 4 nitrogen and oxygen atoms in total. The van der Waals surface area contributed by atoms with Gasteiger partial charge in [0.2, 0.25) is 0 Å². The van der Waals surface area contributed by atoms with Crippen LogP contribution in [0.2, 0.25) is 0 Å². The van der Waals surface area contributed by atoms with E-state index in [9.17, 15) is 0 Å². The van der Waals surface area contributed by atoms with Crippen LogP contribution in [0, 0.1) is 4.64 Å². The van der Waals surface area contributed by atoms with Crippen LogP contribution in [-0.4, -0.2) is 24.2 Å². The third-order valence-corrected chi connectivity index (χ3v) is 4.04. The number of aromatic amines is 1. The molecule has 0 radical (unpaired) electrons. The summed E-state index contributed by atoms with van der Waals surface area (Å²) < 4.78 is 11.6. The van der Waals surface area contributed by atoms with E-state index in [0.717, 1.165) is 24.4 Å². The highest BCUT2D eigenvalue weighted by Crippen LogP contribution is 2.37.